The van der Waals surface area contributed by atoms with Crippen LogP contribution in [0.4, 0.5) is 0 Å². The van der Waals surface area contributed by atoms with E-state index in [0.29, 0.717) is 0 Å². The standard InChI is InChI=1S/C10H11N3O/c1-2-3-7-10-8(4-5-11-7)13-9(14)6-12-10/h4-6H,2-3H2,1H3,(H,13,14). The zero-order valence-corrected chi connectivity index (χ0v) is 7.95. The molecular formula is C10H11N3O. The molecule has 0 unspecified atom stereocenters. The number of hydrogen-bond donors (Lipinski definition) is 1. The summed E-state index contributed by atoms with van der Waals surface area (Å²) in [4.78, 5) is 22.1. The molecule has 0 atom stereocenters. The van der Waals surface area contributed by atoms with Crippen LogP contribution in [-0.4, -0.2) is 15.0 Å². The number of hydrogen-bond acceptors (Lipinski definition) is 3. The van der Waals surface area contributed by atoms with Gasteiger partial charge in [0, 0.05) is 6.20 Å². The fourth-order valence-corrected chi connectivity index (χ4v) is 1.45. The SMILES string of the molecule is CCCc1nccc2[nH]c(=O)cnc12. The van der Waals surface area contributed by atoms with Gasteiger partial charge in [-0.2, -0.15) is 0 Å². The van der Waals surface area contributed by atoms with Crippen LogP contribution in [0.25, 0.3) is 11.0 Å². The molecule has 0 fully saturated rings. The number of H-pyrrole nitrogens is 1. The predicted molar refractivity (Wildman–Crippen MR) is 54.2 cm³/mol. The van der Waals surface area contributed by atoms with E-state index in [9.17, 15) is 4.79 Å². The van der Waals surface area contributed by atoms with Crippen molar-refractivity contribution in [3.05, 3.63) is 34.5 Å². The van der Waals surface area contributed by atoms with Crippen LogP contribution in [-0.2, 0) is 6.42 Å². The number of nitrogens with zero attached hydrogens (tertiary/aromatic N) is 2. The maximum atomic E-state index is 11.0. The average Bonchev–Trinajstić information content (AvgIpc) is 2.18. The van der Waals surface area contributed by atoms with Crippen LogP contribution in [0.3, 0.4) is 0 Å². The predicted octanol–water partition coefficient (Wildman–Crippen LogP) is 1.27. The summed E-state index contributed by atoms with van der Waals surface area (Å²) in [7, 11) is 0. The van der Waals surface area contributed by atoms with Crippen molar-refractivity contribution in [1.29, 1.82) is 0 Å². The number of aryl methyl sites for hydroxylation is 1. The van der Waals surface area contributed by atoms with Crippen molar-refractivity contribution in [2.75, 3.05) is 0 Å². The quantitative estimate of drug-likeness (QED) is 0.773. The Hall–Kier alpha value is -1.71. The van der Waals surface area contributed by atoms with E-state index in [1.807, 2.05) is 0 Å². The molecule has 1 N–H and O–H groups in total. The summed E-state index contributed by atoms with van der Waals surface area (Å²) in [6.45, 7) is 2.09. The van der Waals surface area contributed by atoms with E-state index >= 15 is 0 Å². The minimum Gasteiger partial charge on any atom is -0.319 e. The smallest absolute Gasteiger partial charge is 0.266 e. The summed E-state index contributed by atoms with van der Waals surface area (Å²) in [5.74, 6) is 0. The van der Waals surface area contributed by atoms with E-state index in [0.717, 1.165) is 29.6 Å². The maximum Gasteiger partial charge on any atom is 0.266 e. The van der Waals surface area contributed by atoms with Crippen LogP contribution in [0.5, 0.6) is 0 Å². The Kier molecular flexibility index (Phi) is 2.26. The normalized spacial score (nSPS) is 10.6. The molecule has 2 heterocycles. The Morgan fingerprint density at radius 2 is 2.29 bits per heavy atom. The van der Waals surface area contributed by atoms with Gasteiger partial charge < -0.3 is 4.98 Å². The third-order valence-electron chi connectivity index (χ3n) is 2.06. The first-order valence-corrected chi connectivity index (χ1v) is 4.64. The second-order valence-corrected chi connectivity index (χ2v) is 3.15. The van der Waals surface area contributed by atoms with E-state index < -0.39 is 0 Å². The second kappa shape index (κ2) is 3.57. The summed E-state index contributed by atoms with van der Waals surface area (Å²) < 4.78 is 0. The summed E-state index contributed by atoms with van der Waals surface area (Å²) in [5, 5.41) is 0. The Balaban J connectivity index is 2.68. The molecule has 0 saturated carbocycles. The van der Waals surface area contributed by atoms with Gasteiger partial charge in [0.2, 0.25) is 0 Å². The van der Waals surface area contributed by atoms with Crippen LogP contribution in [0.2, 0.25) is 0 Å². The number of fused-ring (bicyclic) bond motifs is 1. The Morgan fingerprint density at radius 1 is 1.43 bits per heavy atom. The monoisotopic (exact) mass is 189 g/mol. The van der Waals surface area contributed by atoms with Gasteiger partial charge in [-0.15, -0.1) is 0 Å². The fraction of sp³-hybridized carbons (Fsp3) is 0.300. The van der Waals surface area contributed by atoms with Crippen molar-refractivity contribution >= 4 is 11.0 Å². The highest BCUT2D eigenvalue weighted by atomic mass is 16.1. The number of rotatable bonds is 2. The first kappa shape index (κ1) is 8.87. The molecule has 0 aliphatic heterocycles. The van der Waals surface area contributed by atoms with Crippen molar-refractivity contribution < 1.29 is 0 Å². The lowest BCUT2D eigenvalue weighted by atomic mass is 10.2. The first-order chi connectivity index (χ1) is 6.81. The first-order valence-electron chi connectivity index (χ1n) is 4.64. The number of aromatic amines is 1. The van der Waals surface area contributed by atoms with E-state index in [2.05, 4.69) is 21.9 Å². The largest absolute Gasteiger partial charge is 0.319 e. The summed E-state index contributed by atoms with van der Waals surface area (Å²) >= 11 is 0. The fourth-order valence-electron chi connectivity index (χ4n) is 1.45. The highest BCUT2D eigenvalue weighted by molar-refractivity contribution is 5.75. The Morgan fingerprint density at radius 3 is 3.07 bits per heavy atom. The molecule has 0 aromatic carbocycles. The van der Waals surface area contributed by atoms with Crippen molar-refractivity contribution in [3.8, 4) is 0 Å². The van der Waals surface area contributed by atoms with Crippen molar-refractivity contribution in [2.45, 2.75) is 19.8 Å². The highest BCUT2D eigenvalue weighted by Gasteiger charge is 2.02. The molecule has 0 aliphatic rings. The van der Waals surface area contributed by atoms with Crippen LogP contribution in [0, 0.1) is 0 Å². The lowest BCUT2D eigenvalue weighted by Crippen LogP contribution is -2.06. The van der Waals surface area contributed by atoms with E-state index in [4.69, 9.17) is 0 Å². The van der Waals surface area contributed by atoms with E-state index in [1.165, 1.54) is 6.20 Å². The summed E-state index contributed by atoms with van der Waals surface area (Å²) in [6.07, 6.45) is 4.90. The molecule has 2 aromatic heterocycles. The van der Waals surface area contributed by atoms with Crippen LogP contribution in [0.15, 0.2) is 23.3 Å². The van der Waals surface area contributed by atoms with Gasteiger partial charge in [-0.25, -0.2) is 4.98 Å². The van der Waals surface area contributed by atoms with Gasteiger partial charge in [0.25, 0.3) is 5.56 Å². The third kappa shape index (κ3) is 1.51. The Labute approximate surface area is 81.0 Å². The molecule has 4 heteroatoms. The van der Waals surface area contributed by atoms with E-state index in [-0.39, 0.29) is 5.56 Å². The number of nitrogens with one attached hydrogen (secondary N) is 1. The number of pyridine rings is 1. The molecule has 2 aromatic rings. The molecule has 0 spiro atoms. The molecule has 2 rings (SSSR count). The van der Waals surface area contributed by atoms with Gasteiger partial charge in [-0.1, -0.05) is 13.3 Å². The van der Waals surface area contributed by atoms with Crippen LogP contribution in [0.1, 0.15) is 19.0 Å². The lowest BCUT2D eigenvalue weighted by Gasteiger charge is -2.01. The molecular weight excluding hydrogens is 178 g/mol. The van der Waals surface area contributed by atoms with Crippen LogP contribution < -0.4 is 5.56 Å². The van der Waals surface area contributed by atoms with Gasteiger partial charge in [-0.3, -0.25) is 9.78 Å². The second-order valence-electron chi connectivity index (χ2n) is 3.15. The molecule has 0 aliphatic carbocycles. The molecule has 0 amide bonds. The minimum atomic E-state index is -0.175. The zero-order chi connectivity index (χ0) is 9.97. The van der Waals surface area contributed by atoms with Crippen molar-refractivity contribution in [3.63, 3.8) is 0 Å². The van der Waals surface area contributed by atoms with Gasteiger partial charge in [-0.05, 0) is 12.5 Å². The molecule has 0 saturated heterocycles. The number of aromatic nitrogens is 3. The van der Waals surface area contributed by atoms with Gasteiger partial charge >= 0.3 is 0 Å². The molecule has 72 valence electrons. The molecule has 14 heavy (non-hydrogen) atoms. The summed E-state index contributed by atoms with van der Waals surface area (Å²) in [6, 6.07) is 1.77. The molecule has 0 radical (unpaired) electrons. The van der Waals surface area contributed by atoms with Gasteiger partial charge in [0.1, 0.15) is 5.52 Å². The lowest BCUT2D eigenvalue weighted by molar-refractivity contribution is 0.887. The van der Waals surface area contributed by atoms with Crippen molar-refractivity contribution in [1.82, 2.24) is 15.0 Å². The van der Waals surface area contributed by atoms with E-state index in [1.54, 1.807) is 12.3 Å². The highest BCUT2D eigenvalue weighted by Crippen LogP contribution is 2.11. The molecule has 0 bridgehead atoms. The topological polar surface area (TPSA) is 58.6 Å². The zero-order valence-electron chi connectivity index (χ0n) is 7.95. The van der Waals surface area contributed by atoms with Gasteiger partial charge in [0.05, 0.1) is 17.4 Å². The Bertz CT molecular complexity index is 504. The third-order valence-corrected chi connectivity index (χ3v) is 2.06. The molecule has 4 nitrogen and oxygen atoms in total. The maximum absolute atomic E-state index is 11.0. The average molecular weight is 189 g/mol. The van der Waals surface area contributed by atoms with Crippen LogP contribution >= 0.6 is 0 Å². The summed E-state index contributed by atoms with van der Waals surface area (Å²) in [5.41, 5.74) is 2.33. The van der Waals surface area contributed by atoms with Crippen molar-refractivity contribution in [2.24, 2.45) is 0 Å². The minimum absolute atomic E-state index is 0.175. The van der Waals surface area contributed by atoms with Gasteiger partial charge in [0.15, 0.2) is 0 Å².